The van der Waals surface area contributed by atoms with E-state index in [0.717, 1.165) is 23.4 Å². The van der Waals surface area contributed by atoms with Crippen molar-refractivity contribution < 1.29 is 4.74 Å². The molecule has 5 nitrogen and oxygen atoms in total. The summed E-state index contributed by atoms with van der Waals surface area (Å²) in [4.78, 5) is 4.63. The number of hydrogen-bond donors (Lipinski definition) is 1. The topological polar surface area (TPSA) is 59.9 Å². The summed E-state index contributed by atoms with van der Waals surface area (Å²) in [5.41, 5.74) is 5.14. The zero-order valence-electron chi connectivity index (χ0n) is 14.8. The van der Waals surface area contributed by atoms with Crippen molar-refractivity contribution in [3.8, 4) is 17.1 Å². The molecule has 2 aromatic carbocycles. The van der Waals surface area contributed by atoms with Crippen LogP contribution < -0.4 is 10.1 Å². The van der Waals surface area contributed by atoms with Gasteiger partial charge in [0.25, 0.3) is 0 Å². The van der Waals surface area contributed by atoms with Crippen LogP contribution in [0, 0.1) is 6.92 Å². The first-order chi connectivity index (χ1) is 12.7. The lowest BCUT2D eigenvalue weighted by molar-refractivity contribution is 0.216. The molecule has 1 N–H and O–H groups in total. The van der Waals surface area contributed by atoms with Crippen molar-refractivity contribution in [2.24, 2.45) is 0 Å². The molecule has 0 aliphatic carbocycles. The van der Waals surface area contributed by atoms with Gasteiger partial charge in [-0.2, -0.15) is 4.98 Å². The Bertz CT molecular complexity index is 914. The molecule has 0 spiro atoms. The SMILES string of the molecule is CCC1Nc2ccccc2-c2nnc(SCc3ccc(C)cc3)nc2O1. The van der Waals surface area contributed by atoms with Crippen LogP contribution in [-0.2, 0) is 5.75 Å². The second-order valence-electron chi connectivity index (χ2n) is 6.23. The van der Waals surface area contributed by atoms with E-state index in [1.807, 2.05) is 24.3 Å². The fourth-order valence-corrected chi connectivity index (χ4v) is 3.52. The first-order valence-corrected chi connectivity index (χ1v) is 9.67. The van der Waals surface area contributed by atoms with Crippen molar-refractivity contribution in [2.45, 2.75) is 37.4 Å². The van der Waals surface area contributed by atoms with E-state index in [-0.39, 0.29) is 6.23 Å². The van der Waals surface area contributed by atoms with E-state index < -0.39 is 0 Å². The van der Waals surface area contributed by atoms with Crippen LogP contribution in [0.5, 0.6) is 5.88 Å². The fourth-order valence-electron chi connectivity index (χ4n) is 2.78. The van der Waals surface area contributed by atoms with E-state index >= 15 is 0 Å². The minimum atomic E-state index is -0.135. The highest BCUT2D eigenvalue weighted by atomic mass is 32.2. The third-order valence-corrected chi connectivity index (χ3v) is 5.16. The highest BCUT2D eigenvalue weighted by molar-refractivity contribution is 7.98. The molecule has 132 valence electrons. The van der Waals surface area contributed by atoms with Gasteiger partial charge in [-0.1, -0.05) is 66.7 Å². The number of anilines is 1. The molecule has 1 aliphatic heterocycles. The molecular formula is C20H20N4OS. The number of thioether (sulfide) groups is 1. The Labute approximate surface area is 157 Å². The minimum absolute atomic E-state index is 0.135. The van der Waals surface area contributed by atoms with Gasteiger partial charge in [0, 0.05) is 23.4 Å². The van der Waals surface area contributed by atoms with Crippen molar-refractivity contribution in [3.05, 3.63) is 59.7 Å². The number of rotatable bonds is 4. The first-order valence-electron chi connectivity index (χ1n) is 8.68. The van der Waals surface area contributed by atoms with Gasteiger partial charge in [0.05, 0.1) is 0 Å². The summed E-state index contributed by atoms with van der Waals surface area (Å²) in [7, 11) is 0. The Balaban J connectivity index is 1.61. The van der Waals surface area contributed by atoms with Crippen LogP contribution in [0.15, 0.2) is 53.7 Å². The van der Waals surface area contributed by atoms with E-state index in [1.165, 1.54) is 11.1 Å². The van der Waals surface area contributed by atoms with Gasteiger partial charge in [-0.15, -0.1) is 10.2 Å². The van der Waals surface area contributed by atoms with E-state index in [0.29, 0.717) is 16.7 Å². The van der Waals surface area contributed by atoms with Gasteiger partial charge in [-0.05, 0) is 18.6 Å². The summed E-state index contributed by atoms with van der Waals surface area (Å²) in [5.74, 6) is 1.34. The molecule has 0 saturated carbocycles. The van der Waals surface area contributed by atoms with Crippen molar-refractivity contribution >= 4 is 17.4 Å². The predicted octanol–water partition coefficient (Wildman–Crippen LogP) is 4.68. The Kier molecular flexibility index (Phi) is 4.75. The average molecular weight is 364 g/mol. The summed E-state index contributed by atoms with van der Waals surface area (Å²) < 4.78 is 6.06. The second kappa shape index (κ2) is 7.33. The number of ether oxygens (including phenoxy) is 1. The molecule has 0 bridgehead atoms. The molecule has 2 heterocycles. The molecule has 6 heteroatoms. The average Bonchev–Trinajstić information content (AvgIpc) is 2.83. The zero-order chi connectivity index (χ0) is 17.9. The molecular weight excluding hydrogens is 344 g/mol. The molecule has 1 atom stereocenters. The van der Waals surface area contributed by atoms with Crippen LogP contribution in [0.3, 0.4) is 0 Å². The summed E-state index contributed by atoms with van der Waals surface area (Å²) >= 11 is 1.56. The van der Waals surface area contributed by atoms with Crippen LogP contribution in [-0.4, -0.2) is 21.4 Å². The molecule has 0 amide bonds. The lowest BCUT2D eigenvalue weighted by atomic mass is 10.1. The summed E-state index contributed by atoms with van der Waals surface area (Å²) in [6.07, 6.45) is 0.688. The van der Waals surface area contributed by atoms with Gasteiger partial charge in [-0.3, -0.25) is 0 Å². The maximum Gasteiger partial charge on any atom is 0.247 e. The number of hydrogen-bond acceptors (Lipinski definition) is 6. The van der Waals surface area contributed by atoms with Gasteiger partial charge in [-0.25, -0.2) is 0 Å². The smallest absolute Gasteiger partial charge is 0.247 e. The molecule has 0 fully saturated rings. The van der Waals surface area contributed by atoms with Crippen LogP contribution in [0.1, 0.15) is 24.5 Å². The first kappa shape index (κ1) is 16.8. The number of para-hydroxylation sites is 1. The van der Waals surface area contributed by atoms with Crippen molar-refractivity contribution in [1.82, 2.24) is 15.2 Å². The number of aryl methyl sites for hydroxylation is 1. The Morgan fingerprint density at radius 2 is 1.88 bits per heavy atom. The molecule has 0 radical (unpaired) electrons. The Hall–Kier alpha value is -2.60. The summed E-state index contributed by atoms with van der Waals surface area (Å²) in [6.45, 7) is 4.16. The molecule has 26 heavy (non-hydrogen) atoms. The molecule has 1 aromatic heterocycles. The molecule has 3 aromatic rings. The summed E-state index contributed by atoms with van der Waals surface area (Å²) in [5, 5.41) is 12.8. The molecule has 0 saturated heterocycles. The Morgan fingerprint density at radius 3 is 2.69 bits per heavy atom. The second-order valence-corrected chi connectivity index (χ2v) is 7.17. The highest BCUT2D eigenvalue weighted by Gasteiger charge is 2.23. The summed E-state index contributed by atoms with van der Waals surface area (Å²) in [6, 6.07) is 16.5. The van der Waals surface area contributed by atoms with Crippen LogP contribution in [0.4, 0.5) is 5.69 Å². The zero-order valence-corrected chi connectivity index (χ0v) is 15.6. The lowest BCUT2D eigenvalue weighted by Gasteiger charge is -2.16. The van der Waals surface area contributed by atoms with Crippen LogP contribution in [0.2, 0.25) is 0 Å². The third kappa shape index (κ3) is 3.51. The molecule has 4 rings (SSSR count). The van der Waals surface area contributed by atoms with Crippen molar-refractivity contribution in [3.63, 3.8) is 0 Å². The van der Waals surface area contributed by atoms with E-state index in [9.17, 15) is 0 Å². The minimum Gasteiger partial charge on any atom is -0.452 e. The number of benzene rings is 2. The Morgan fingerprint density at radius 1 is 1.08 bits per heavy atom. The van der Waals surface area contributed by atoms with Gasteiger partial charge in [0.15, 0.2) is 11.9 Å². The van der Waals surface area contributed by atoms with Crippen LogP contribution in [0.25, 0.3) is 11.3 Å². The van der Waals surface area contributed by atoms with Gasteiger partial charge in [0.2, 0.25) is 11.0 Å². The monoisotopic (exact) mass is 364 g/mol. The van der Waals surface area contributed by atoms with E-state index in [4.69, 9.17) is 4.74 Å². The number of fused-ring (bicyclic) bond motifs is 3. The number of nitrogens with one attached hydrogen (secondary N) is 1. The van der Waals surface area contributed by atoms with Crippen molar-refractivity contribution in [1.29, 1.82) is 0 Å². The normalized spacial score (nSPS) is 15.2. The quantitative estimate of drug-likeness (QED) is 0.678. The highest BCUT2D eigenvalue weighted by Crippen LogP contribution is 2.36. The standard InChI is InChI=1S/C20H20N4OS/c1-3-17-21-16-7-5-4-6-15(16)18-19(25-17)22-20(24-23-18)26-12-14-10-8-13(2)9-11-14/h4-11,17,21H,3,12H2,1-2H3. The van der Waals surface area contributed by atoms with Gasteiger partial charge < -0.3 is 10.1 Å². The predicted molar refractivity (Wildman–Crippen MR) is 104 cm³/mol. The number of aromatic nitrogens is 3. The van der Waals surface area contributed by atoms with Gasteiger partial charge in [0.1, 0.15) is 0 Å². The largest absolute Gasteiger partial charge is 0.452 e. The third-order valence-electron chi connectivity index (χ3n) is 4.25. The maximum atomic E-state index is 6.06. The maximum absolute atomic E-state index is 6.06. The lowest BCUT2D eigenvalue weighted by Crippen LogP contribution is -2.24. The number of nitrogens with zero attached hydrogens (tertiary/aromatic N) is 3. The fraction of sp³-hybridized carbons (Fsp3) is 0.250. The molecule has 1 unspecified atom stereocenters. The van der Waals surface area contributed by atoms with E-state index in [1.54, 1.807) is 11.8 Å². The van der Waals surface area contributed by atoms with Crippen molar-refractivity contribution in [2.75, 3.05) is 5.32 Å². The van der Waals surface area contributed by atoms with Crippen LogP contribution >= 0.6 is 11.8 Å². The van der Waals surface area contributed by atoms with Gasteiger partial charge >= 0.3 is 0 Å². The van der Waals surface area contributed by atoms with E-state index in [2.05, 4.69) is 58.6 Å². The molecule has 1 aliphatic rings.